The Balaban J connectivity index is 2.64. The van der Waals surface area contributed by atoms with Crippen LogP contribution in [0.15, 0.2) is 43.5 Å². The standard InChI is InChI=1S/C13H12N2/c1-3-11-5-7-15-9-13(11)12-8-14-6-4-10(12)2/h3-9H,1H2,2H3. The molecule has 0 saturated carbocycles. The molecule has 0 amide bonds. The van der Waals surface area contributed by atoms with Gasteiger partial charge < -0.3 is 0 Å². The summed E-state index contributed by atoms with van der Waals surface area (Å²) in [5.74, 6) is 0. The van der Waals surface area contributed by atoms with Gasteiger partial charge in [-0.15, -0.1) is 0 Å². The van der Waals surface area contributed by atoms with Crippen molar-refractivity contribution in [3.05, 3.63) is 54.6 Å². The first-order valence-electron chi connectivity index (χ1n) is 4.80. The summed E-state index contributed by atoms with van der Waals surface area (Å²) in [4.78, 5) is 8.27. The molecule has 0 bridgehead atoms. The van der Waals surface area contributed by atoms with Crippen molar-refractivity contribution >= 4 is 6.08 Å². The summed E-state index contributed by atoms with van der Waals surface area (Å²) in [6.45, 7) is 5.86. The molecule has 2 heterocycles. The third kappa shape index (κ3) is 1.79. The molecule has 2 rings (SSSR count). The Morgan fingerprint density at radius 3 is 2.40 bits per heavy atom. The van der Waals surface area contributed by atoms with Crippen molar-refractivity contribution in [1.82, 2.24) is 9.97 Å². The Labute approximate surface area is 89.3 Å². The maximum absolute atomic E-state index is 4.14. The number of rotatable bonds is 2. The fourth-order valence-corrected chi connectivity index (χ4v) is 1.55. The molecule has 15 heavy (non-hydrogen) atoms. The van der Waals surface area contributed by atoms with Gasteiger partial charge in [-0.05, 0) is 30.2 Å². The second kappa shape index (κ2) is 4.05. The average molecular weight is 196 g/mol. The van der Waals surface area contributed by atoms with Gasteiger partial charge in [-0.25, -0.2) is 0 Å². The van der Waals surface area contributed by atoms with E-state index < -0.39 is 0 Å². The van der Waals surface area contributed by atoms with Crippen LogP contribution in [0.25, 0.3) is 17.2 Å². The van der Waals surface area contributed by atoms with Crippen molar-refractivity contribution in [3.63, 3.8) is 0 Å². The average Bonchev–Trinajstić information content (AvgIpc) is 2.30. The number of hydrogen-bond donors (Lipinski definition) is 0. The van der Waals surface area contributed by atoms with Crippen molar-refractivity contribution < 1.29 is 0 Å². The van der Waals surface area contributed by atoms with E-state index in [9.17, 15) is 0 Å². The zero-order chi connectivity index (χ0) is 10.7. The van der Waals surface area contributed by atoms with Crippen molar-refractivity contribution in [2.24, 2.45) is 0 Å². The van der Waals surface area contributed by atoms with Gasteiger partial charge in [0.25, 0.3) is 0 Å². The molecule has 0 unspecified atom stereocenters. The molecule has 2 nitrogen and oxygen atoms in total. The molecule has 0 aliphatic carbocycles. The van der Waals surface area contributed by atoms with E-state index in [1.165, 1.54) is 5.56 Å². The largest absolute Gasteiger partial charge is 0.264 e. The molecule has 0 atom stereocenters. The first-order valence-corrected chi connectivity index (χ1v) is 4.80. The zero-order valence-electron chi connectivity index (χ0n) is 8.64. The van der Waals surface area contributed by atoms with Crippen LogP contribution in [0.3, 0.4) is 0 Å². The maximum atomic E-state index is 4.14. The van der Waals surface area contributed by atoms with E-state index in [0.29, 0.717) is 0 Å². The normalized spacial score (nSPS) is 9.93. The highest BCUT2D eigenvalue weighted by molar-refractivity contribution is 5.75. The lowest BCUT2D eigenvalue weighted by Gasteiger charge is -2.07. The number of hydrogen-bond acceptors (Lipinski definition) is 2. The summed E-state index contributed by atoms with van der Waals surface area (Å²) in [5.41, 5.74) is 4.47. The number of nitrogens with zero attached hydrogens (tertiary/aromatic N) is 2. The summed E-state index contributed by atoms with van der Waals surface area (Å²) in [6.07, 6.45) is 9.11. The third-order valence-corrected chi connectivity index (χ3v) is 2.40. The summed E-state index contributed by atoms with van der Waals surface area (Å²) >= 11 is 0. The van der Waals surface area contributed by atoms with Crippen LogP contribution in [0.1, 0.15) is 11.1 Å². The second-order valence-corrected chi connectivity index (χ2v) is 3.36. The van der Waals surface area contributed by atoms with E-state index in [2.05, 4.69) is 23.5 Å². The first-order chi connectivity index (χ1) is 7.33. The van der Waals surface area contributed by atoms with Gasteiger partial charge in [0.05, 0.1) is 0 Å². The van der Waals surface area contributed by atoms with Crippen LogP contribution in [0.5, 0.6) is 0 Å². The van der Waals surface area contributed by atoms with Gasteiger partial charge in [0.2, 0.25) is 0 Å². The molecule has 0 spiro atoms. The summed E-state index contributed by atoms with van der Waals surface area (Å²) < 4.78 is 0. The van der Waals surface area contributed by atoms with Crippen molar-refractivity contribution in [2.75, 3.05) is 0 Å². The number of pyridine rings is 2. The smallest absolute Gasteiger partial charge is 0.0353 e. The summed E-state index contributed by atoms with van der Waals surface area (Å²) in [5, 5.41) is 0. The van der Waals surface area contributed by atoms with Crippen molar-refractivity contribution in [3.8, 4) is 11.1 Å². The van der Waals surface area contributed by atoms with Crippen molar-refractivity contribution in [2.45, 2.75) is 6.92 Å². The van der Waals surface area contributed by atoms with E-state index in [1.54, 1.807) is 12.4 Å². The molecule has 0 radical (unpaired) electrons. The Kier molecular flexibility index (Phi) is 2.59. The highest BCUT2D eigenvalue weighted by atomic mass is 14.6. The molecule has 0 aromatic carbocycles. The van der Waals surface area contributed by atoms with Crippen molar-refractivity contribution in [1.29, 1.82) is 0 Å². The molecular weight excluding hydrogens is 184 g/mol. The van der Waals surface area contributed by atoms with Gasteiger partial charge in [0.1, 0.15) is 0 Å². The van der Waals surface area contributed by atoms with Gasteiger partial charge in [0, 0.05) is 35.9 Å². The van der Waals surface area contributed by atoms with Crippen LogP contribution in [0.2, 0.25) is 0 Å². The zero-order valence-corrected chi connectivity index (χ0v) is 8.64. The van der Waals surface area contributed by atoms with Gasteiger partial charge in [0.15, 0.2) is 0 Å². The fraction of sp³-hybridized carbons (Fsp3) is 0.0769. The van der Waals surface area contributed by atoms with Crippen LogP contribution < -0.4 is 0 Å². The van der Waals surface area contributed by atoms with Gasteiger partial charge in [-0.2, -0.15) is 0 Å². The van der Waals surface area contributed by atoms with E-state index in [1.807, 2.05) is 30.6 Å². The first kappa shape index (κ1) is 9.59. The van der Waals surface area contributed by atoms with Crippen LogP contribution in [-0.2, 0) is 0 Å². The maximum Gasteiger partial charge on any atom is 0.0353 e. The summed E-state index contributed by atoms with van der Waals surface area (Å²) in [6, 6.07) is 3.95. The molecule has 0 saturated heterocycles. The Bertz CT molecular complexity index is 489. The molecule has 2 aromatic rings. The van der Waals surface area contributed by atoms with Crippen LogP contribution in [0, 0.1) is 6.92 Å². The van der Waals surface area contributed by atoms with E-state index >= 15 is 0 Å². The van der Waals surface area contributed by atoms with Crippen LogP contribution >= 0.6 is 0 Å². The van der Waals surface area contributed by atoms with Gasteiger partial charge in [-0.1, -0.05) is 12.7 Å². The minimum Gasteiger partial charge on any atom is -0.264 e. The predicted molar refractivity (Wildman–Crippen MR) is 62.3 cm³/mol. The highest BCUT2D eigenvalue weighted by Gasteiger charge is 2.04. The summed E-state index contributed by atoms with van der Waals surface area (Å²) in [7, 11) is 0. The second-order valence-electron chi connectivity index (χ2n) is 3.36. The lowest BCUT2D eigenvalue weighted by atomic mass is 10.0. The van der Waals surface area contributed by atoms with E-state index in [0.717, 1.165) is 16.7 Å². The molecule has 2 heteroatoms. The minimum atomic E-state index is 1.08. The molecular formula is C13H12N2. The highest BCUT2D eigenvalue weighted by Crippen LogP contribution is 2.25. The van der Waals surface area contributed by atoms with E-state index in [-0.39, 0.29) is 0 Å². The third-order valence-electron chi connectivity index (χ3n) is 2.40. The SMILES string of the molecule is C=Cc1ccncc1-c1cnccc1C. The Morgan fingerprint density at radius 2 is 1.73 bits per heavy atom. The number of aryl methyl sites for hydroxylation is 1. The van der Waals surface area contributed by atoms with Crippen LogP contribution in [-0.4, -0.2) is 9.97 Å². The monoisotopic (exact) mass is 196 g/mol. The Hall–Kier alpha value is -1.96. The molecule has 2 aromatic heterocycles. The molecule has 0 aliphatic rings. The fourth-order valence-electron chi connectivity index (χ4n) is 1.55. The molecule has 0 N–H and O–H groups in total. The van der Waals surface area contributed by atoms with E-state index in [4.69, 9.17) is 0 Å². The quantitative estimate of drug-likeness (QED) is 0.737. The van der Waals surface area contributed by atoms with Crippen LogP contribution in [0.4, 0.5) is 0 Å². The predicted octanol–water partition coefficient (Wildman–Crippen LogP) is 3.10. The topological polar surface area (TPSA) is 25.8 Å². The lowest BCUT2D eigenvalue weighted by Crippen LogP contribution is -1.88. The molecule has 74 valence electrons. The van der Waals surface area contributed by atoms with Gasteiger partial charge in [-0.3, -0.25) is 9.97 Å². The molecule has 0 aliphatic heterocycles. The minimum absolute atomic E-state index is 1.08. The van der Waals surface area contributed by atoms with Gasteiger partial charge >= 0.3 is 0 Å². The molecule has 0 fully saturated rings. The number of aromatic nitrogens is 2. The Morgan fingerprint density at radius 1 is 1.07 bits per heavy atom. The lowest BCUT2D eigenvalue weighted by molar-refractivity contribution is 1.26.